The first-order valence-corrected chi connectivity index (χ1v) is 17.1. The van der Waals surface area contributed by atoms with Crippen LogP contribution in [0, 0.1) is 0 Å². The van der Waals surface area contributed by atoms with Crippen LogP contribution in [0.4, 0.5) is 0 Å². The van der Waals surface area contributed by atoms with Gasteiger partial charge in [-0.25, -0.2) is 0 Å². The largest absolute Gasteiger partial charge is 0.354 e. The second-order valence-corrected chi connectivity index (χ2v) is 11.6. The molecule has 224 valence electrons. The fourth-order valence-electron chi connectivity index (χ4n) is 4.95. The smallest absolute Gasteiger partial charge is 0.242 e. The summed E-state index contributed by atoms with van der Waals surface area (Å²) in [6.45, 7) is 6.73. The van der Waals surface area contributed by atoms with Gasteiger partial charge in [0.05, 0.1) is 0 Å². The van der Waals surface area contributed by atoms with Gasteiger partial charge in [0.25, 0.3) is 0 Å². The van der Waals surface area contributed by atoms with Crippen molar-refractivity contribution >= 4 is 24.4 Å². The zero-order chi connectivity index (χ0) is 27.9. The van der Waals surface area contributed by atoms with Crippen LogP contribution in [-0.4, -0.2) is 30.2 Å². The van der Waals surface area contributed by atoms with Gasteiger partial charge < -0.3 is 10.6 Å². The molecule has 0 radical (unpaired) electrons. The van der Waals surface area contributed by atoms with Crippen LogP contribution in [0.3, 0.4) is 0 Å². The fourth-order valence-corrected chi connectivity index (χ4v) is 5.21. The molecule has 0 aromatic heterocycles. The molecule has 1 unspecified atom stereocenters. The zero-order valence-corrected chi connectivity index (χ0v) is 26.1. The van der Waals surface area contributed by atoms with Crippen molar-refractivity contribution in [2.75, 3.05) is 12.3 Å². The third-order valence-corrected chi connectivity index (χ3v) is 7.72. The van der Waals surface area contributed by atoms with Crippen LogP contribution in [0.2, 0.25) is 0 Å². The van der Waals surface area contributed by atoms with E-state index in [1.54, 1.807) is 0 Å². The Morgan fingerprint density at radius 2 is 1.13 bits per heavy atom. The molecule has 0 saturated heterocycles. The monoisotopic (exact) mass is 552 g/mol. The minimum Gasteiger partial charge on any atom is -0.354 e. The molecule has 38 heavy (non-hydrogen) atoms. The Balaban J connectivity index is 3.63. The van der Waals surface area contributed by atoms with Crippen molar-refractivity contribution in [1.29, 1.82) is 0 Å². The Hall–Kier alpha value is -0.970. The topological polar surface area (TPSA) is 58.2 Å². The van der Waals surface area contributed by atoms with Crippen molar-refractivity contribution in [3.63, 3.8) is 0 Å². The van der Waals surface area contributed by atoms with Gasteiger partial charge in [0.2, 0.25) is 11.8 Å². The van der Waals surface area contributed by atoms with Crippen molar-refractivity contribution in [2.45, 2.75) is 173 Å². The van der Waals surface area contributed by atoms with Crippen LogP contribution in [-0.2, 0) is 9.59 Å². The normalized spacial score (nSPS) is 11.8. The third-order valence-electron chi connectivity index (χ3n) is 7.46. The van der Waals surface area contributed by atoms with Crippen molar-refractivity contribution in [2.24, 2.45) is 0 Å². The van der Waals surface area contributed by atoms with Gasteiger partial charge in [-0.15, -0.1) is 6.58 Å². The van der Waals surface area contributed by atoms with Crippen LogP contribution in [0.25, 0.3) is 0 Å². The number of thiol groups is 1. The van der Waals surface area contributed by atoms with Crippen molar-refractivity contribution < 1.29 is 9.59 Å². The lowest BCUT2D eigenvalue weighted by Gasteiger charge is -2.18. The molecule has 0 spiro atoms. The lowest BCUT2D eigenvalue weighted by atomic mass is 10.0. The summed E-state index contributed by atoms with van der Waals surface area (Å²) in [6, 6.07) is -0.458. The minimum absolute atomic E-state index is 0.0130. The van der Waals surface area contributed by atoms with Crippen molar-refractivity contribution in [3.05, 3.63) is 12.7 Å². The molecule has 0 rings (SSSR count). The van der Waals surface area contributed by atoms with E-state index < -0.39 is 6.04 Å². The third kappa shape index (κ3) is 26.6. The summed E-state index contributed by atoms with van der Waals surface area (Å²) in [6.07, 6.45) is 32.5. The number of allylic oxidation sites excluding steroid dienone is 1. The summed E-state index contributed by atoms with van der Waals surface area (Å²) in [7, 11) is 0. The maximum absolute atomic E-state index is 12.6. The van der Waals surface area contributed by atoms with Crippen molar-refractivity contribution in [3.8, 4) is 0 Å². The molecule has 0 saturated carbocycles. The van der Waals surface area contributed by atoms with Crippen LogP contribution < -0.4 is 10.6 Å². The summed E-state index contributed by atoms with van der Waals surface area (Å²) >= 11 is 4.28. The highest BCUT2D eigenvalue weighted by molar-refractivity contribution is 7.80. The molecule has 0 aromatic rings. The van der Waals surface area contributed by atoms with E-state index in [4.69, 9.17) is 0 Å². The second kappa shape index (κ2) is 30.6. The summed E-state index contributed by atoms with van der Waals surface area (Å²) in [5.41, 5.74) is 0. The molecule has 0 aliphatic heterocycles. The minimum atomic E-state index is -0.458. The van der Waals surface area contributed by atoms with Crippen LogP contribution in [0.5, 0.6) is 0 Å². The van der Waals surface area contributed by atoms with Gasteiger partial charge in [-0.3, -0.25) is 9.59 Å². The molecule has 5 heteroatoms. The van der Waals surface area contributed by atoms with Gasteiger partial charge in [0.15, 0.2) is 0 Å². The Morgan fingerprint density at radius 3 is 1.61 bits per heavy atom. The van der Waals surface area contributed by atoms with Gasteiger partial charge >= 0.3 is 0 Å². The molecule has 4 nitrogen and oxygen atoms in total. The summed E-state index contributed by atoms with van der Waals surface area (Å²) < 4.78 is 0. The quantitative estimate of drug-likeness (QED) is 0.0472. The van der Waals surface area contributed by atoms with Gasteiger partial charge in [-0.1, -0.05) is 135 Å². The van der Waals surface area contributed by atoms with Crippen molar-refractivity contribution in [1.82, 2.24) is 10.6 Å². The maximum Gasteiger partial charge on any atom is 0.242 e. The molecule has 2 amide bonds. The molecule has 0 aromatic carbocycles. The van der Waals surface area contributed by atoms with E-state index in [1.807, 2.05) is 6.08 Å². The molecule has 0 fully saturated rings. The summed E-state index contributed by atoms with van der Waals surface area (Å²) in [5.74, 6) is 0.513. The number of unbranched alkanes of at least 4 members (excludes halogenated alkanes) is 21. The number of carbonyl (C=O) groups excluding carboxylic acids is 2. The number of hydrogen-bond acceptors (Lipinski definition) is 3. The van der Waals surface area contributed by atoms with E-state index in [0.717, 1.165) is 32.1 Å². The highest BCUT2D eigenvalue weighted by atomic mass is 32.1. The molecule has 0 aliphatic rings. The Kier molecular flexibility index (Phi) is 29.8. The Morgan fingerprint density at radius 1 is 0.684 bits per heavy atom. The number of amides is 2. The first kappa shape index (κ1) is 37.0. The highest BCUT2D eigenvalue weighted by Crippen LogP contribution is 2.14. The van der Waals surface area contributed by atoms with Crippen LogP contribution >= 0.6 is 12.6 Å². The summed E-state index contributed by atoms with van der Waals surface area (Å²) in [4.78, 5) is 24.9. The zero-order valence-electron chi connectivity index (χ0n) is 25.2. The van der Waals surface area contributed by atoms with Gasteiger partial charge in [-0.05, 0) is 37.9 Å². The second-order valence-electron chi connectivity index (χ2n) is 11.2. The first-order valence-electron chi connectivity index (χ1n) is 16.4. The number of rotatable bonds is 30. The number of carbonyl (C=O) groups is 2. The molecular formula is C33H64N2O2S. The average molecular weight is 553 g/mol. The molecule has 0 aliphatic carbocycles. The maximum atomic E-state index is 12.6. The standard InChI is InChI=1S/C33H64N2O2S/c1-3-5-7-9-11-13-14-15-16-17-18-19-20-22-24-26-29-34-33(37)31(28-30-38)35-32(36)27-25-23-21-12-10-8-6-4-2/h4,31,38H,2-3,5-30H2,1H3,(H,34,37)(H,35,36). The SMILES string of the molecule is C=CCCCCCCCCC(=O)NC(CCS)C(=O)NCCCCCCCCCCCCCCCCCC. The van der Waals surface area contributed by atoms with E-state index in [1.165, 1.54) is 116 Å². The first-order chi connectivity index (χ1) is 18.7. The van der Waals surface area contributed by atoms with E-state index in [-0.39, 0.29) is 11.8 Å². The number of nitrogens with one attached hydrogen (secondary N) is 2. The highest BCUT2D eigenvalue weighted by Gasteiger charge is 2.19. The Bertz CT molecular complexity index is 541. The van der Waals surface area contributed by atoms with Crippen LogP contribution in [0.15, 0.2) is 12.7 Å². The van der Waals surface area contributed by atoms with Gasteiger partial charge in [0, 0.05) is 13.0 Å². The van der Waals surface area contributed by atoms with E-state index in [2.05, 4.69) is 36.8 Å². The van der Waals surface area contributed by atoms with E-state index in [0.29, 0.717) is 25.1 Å². The van der Waals surface area contributed by atoms with Gasteiger partial charge in [-0.2, -0.15) is 12.6 Å². The fraction of sp³-hybridized carbons (Fsp3) is 0.879. The summed E-state index contributed by atoms with van der Waals surface area (Å²) in [5, 5.41) is 5.96. The molecule has 1 atom stereocenters. The molecular weight excluding hydrogens is 488 g/mol. The predicted molar refractivity (Wildman–Crippen MR) is 170 cm³/mol. The molecule has 0 heterocycles. The van der Waals surface area contributed by atoms with Crippen LogP contribution in [0.1, 0.15) is 167 Å². The van der Waals surface area contributed by atoms with Gasteiger partial charge in [0.1, 0.15) is 6.04 Å². The lowest BCUT2D eigenvalue weighted by Crippen LogP contribution is -2.47. The molecule has 2 N–H and O–H groups in total. The van der Waals surface area contributed by atoms with E-state index in [9.17, 15) is 9.59 Å². The molecule has 0 bridgehead atoms. The van der Waals surface area contributed by atoms with E-state index >= 15 is 0 Å². The lowest BCUT2D eigenvalue weighted by molar-refractivity contribution is -0.129. The predicted octanol–water partition coefficient (Wildman–Crippen LogP) is 9.48. The Labute approximate surface area is 242 Å². The number of hydrogen-bond donors (Lipinski definition) is 3. The average Bonchev–Trinajstić information content (AvgIpc) is 2.91.